The van der Waals surface area contributed by atoms with Gasteiger partial charge < -0.3 is 14.6 Å². The van der Waals surface area contributed by atoms with Crippen molar-refractivity contribution in [2.24, 2.45) is 7.05 Å². The maximum Gasteiger partial charge on any atom is 0.340 e. The van der Waals surface area contributed by atoms with Crippen LogP contribution in [0.5, 0.6) is 0 Å². The van der Waals surface area contributed by atoms with Crippen molar-refractivity contribution in [3.8, 4) is 21.7 Å². The highest BCUT2D eigenvalue weighted by Gasteiger charge is 2.23. The van der Waals surface area contributed by atoms with Crippen molar-refractivity contribution >= 4 is 39.2 Å². The number of ether oxygens (including phenoxy) is 1. The van der Waals surface area contributed by atoms with Gasteiger partial charge in [-0.05, 0) is 12.1 Å². The highest BCUT2D eigenvalue weighted by Crippen LogP contribution is 2.43. The van der Waals surface area contributed by atoms with E-state index in [9.17, 15) is 9.59 Å². The first-order valence-corrected chi connectivity index (χ1v) is 9.66. The van der Waals surface area contributed by atoms with E-state index in [-0.39, 0.29) is 5.91 Å². The Hall–Kier alpha value is -3.52. The summed E-state index contributed by atoms with van der Waals surface area (Å²) in [6.45, 7) is 1.44. The predicted octanol–water partition coefficient (Wildman–Crippen LogP) is 4.11. The van der Waals surface area contributed by atoms with Crippen LogP contribution < -0.4 is 5.32 Å². The number of rotatable bonds is 4. The van der Waals surface area contributed by atoms with Crippen LogP contribution in [0.1, 0.15) is 17.3 Å². The van der Waals surface area contributed by atoms with Gasteiger partial charge in [-0.25, -0.2) is 9.78 Å². The van der Waals surface area contributed by atoms with Crippen molar-refractivity contribution in [1.82, 2.24) is 14.5 Å². The summed E-state index contributed by atoms with van der Waals surface area (Å²) in [6, 6.07) is 9.77. The van der Waals surface area contributed by atoms with Gasteiger partial charge in [-0.2, -0.15) is 0 Å². The molecule has 29 heavy (non-hydrogen) atoms. The Labute approximate surface area is 171 Å². The van der Waals surface area contributed by atoms with Gasteiger partial charge in [-0.15, -0.1) is 0 Å². The molecule has 0 saturated heterocycles. The van der Waals surface area contributed by atoms with E-state index in [2.05, 4.69) is 15.3 Å². The lowest BCUT2D eigenvalue weighted by molar-refractivity contribution is -0.114. The number of esters is 1. The van der Waals surface area contributed by atoms with E-state index in [1.165, 1.54) is 31.6 Å². The van der Waals surface area contributed by atoms with Crippen LogP contribution in [-0.2, 0) is 16.6 Å². The van der Waals surface area contributed by atoms with E-state index >= 15 is 0 Å². The van der Waals surface area contributed by atoms with Crippen molar-refractivity contribution in [3.05, 3.63) is 54.5 Å². The Bertz CT molecular complexity index is 1240. The average molecular weight is 406 g/mol. The number of nitrogens with zero attached hydrogens (tertiary/aromatic N) is 3. The minimum absolute atomic E-state index is 0.210. The molecular formula is C21H18N4O3S. The number of anilines is 1. The molecule has 3 aromatic heterocycles. The summed E-state index contributed by atoms with van der Waals surface area (Å²) in [4.78, 5) is 33.4. The normalized spacial score (nSPS) is 10.9. The van der Waals surface area contributed by atoms with Crippen molar-refractivity contribution in [1.29, 1.82) is 0 Å². The molecular weight excluding hydrogens is 388 g/mol. The number of hydrogen-bond acceptors (Lipinski definition) is 6. The third-order valence-electron chi connectivity index (χ3n) is 4.53. The second-order valence-corrected chi connectivity index (χ2v) is 7.46. The third kappa shape index (κ3) is 3.38. The number of thiazole rings is 1. The summed E-state index contributed by atoms with van der Waals surface area (Å²) in [5, 5.41) is 4.25. The molecule has 7 nitrogen and oxygen atoms in total. The highest BCUT2D eigenvalue weighted by molar-refractivity contribution is 7.19. The van der Waals surface area contributed by atoms with Crippen LogP contribution in [0.4, 0.5) is 5.13 Å². The minimum Gasteiger partial charge on any atom is -0.465 e. The number of methoxy groups -OCH3 is 1. The molecule has 0 aliphatic carbocycles. The van der Waals surface area contributed by atoms with Crippen LogP contribution in [0.15, 0.2) is 48.9 Å². The standard InChI is InChI=1S/C21H18N4O3S/c1-12(26)23-21-24-18(16-11-25(2)17-7-5-4-6-13(16)17)19(29-21)14-8-9-22-10-15(14)20(27)28-3/h4-11H,1-3H3,(H,23,24,26). The Morgan fingerprint density at radius 2 is 1.97 bits per heavy atom. The van der Waals surface area contributed by atoms with Crippen LogP contribution >= 0.6 is 11.3 Å². The van der Waals surface area contributed by atoms with Gasteiger partial charge in [0, 0.05) is 54.6 Å². The SMILES string of the molecule is COC(=O)c1cnccc1-c1sc(NC(C)=O)nc1-c1cn(C)c2ccccc12. The molecule has 4 rings (SSSR count). The summed E-state index contributed by atoms with van der Waals surface area (Å²) in [6.07, 6.45) is 5.10. The fourth-order valence-corrected chi connectivity index (χ4v) is 4.35. The summed E-state index contributed by atoms with van der Waals surface area (Å²) in [5.74, 6) is -0.691. The van der Waals surface area contributed by atoms with Crippen LogP contribution in [-0.4, -0.2) is 33.5 Å². The number of nitrogens with one attached hydrogen (secondary N) is 1. The van der Waals surface area contributed by atoms with E-state index < -0.39 is 5.97 Å². The van der Waals surface area contributed by atoms with Crippen molar-refractivity contribution in [2.75, 3.05) is 12.4 Å². The van der Waals surface area contributed by atoms with Crippen LogP contribution in [0, 0.1) is 0 Å². The molecule has 0 saturated carbocycles. The topological polar surface area (TPSA) is 86.1 Å². The Morgan fingerprint density at radius 3 is 2.72 bits per heavy atom. The molecule has 1 N–H and O–H groups in total. The maximum absolute atomic E-state index is 12.3. The van der Waals surface area contributed by atoms with E-state index in [0.717, 1.165) is 21.3 Å². The van der Waals surface area contributed by atoms with E-state index in [0.29, 0.717) is 22.0 Å². The third-order valence-corrected chi connectivity index (χ3v) is 5.54. The fourth-order valence-electron chi connectivity index (χ4n) is 3.28. The zero-order valence-electron chi connectivity index (χ0n) is 16.1. The van der Waals surface area contributed by atoms with E-state index in [1.54, 1.807) is 12.3 Å². The number of aromatic nitrogens is 3. The lowest BCUT2D eigenvalue weighted by Gasteiger charge is -2.07. The molecule has 0 aliphatic rings. The van der Waals surface area contributed by atoms with Crippen LogP contribution in [0.3, 0.4) is 0 Å². The van der Waals surface area contributed by atoms with Gasteiger partial charge in [0.25, 0.3) is 0 Å². The number of aryl methyl sites for hydroxylation is 1. The largest absolute Gasteiger partial charge is 0.465 e. The van der Waals surface area contributed by atoms with E-state index in [1.807, 2.05) is 42.1 Å². The molecule has 3 heterocycles. The molecule has 146 valence electrons. The Morgan fingerprint density at radius 1 is 1.17 bits per heavy atom. The van der Waals surface area contributed by atoms with Gasteiger partial charge in [0.15, 0.2) is 5.13 Å². The molecule has 0 atom stereocenters. The zero-order valence-corrected chi connectivity index (χ0v) is 16.9. The Kier molecular flexibility index (Phi) is 4.85. The van der Waals surface area contributed by atoms with Gasteiger partial charge in [0.05, 0.1) is 23.2 Å². The number of hydrogen-bond donors (Lipinski definition) is 1. The Balaban J connectivity index is 1.99. The smallest absolute Gasteiger partial charge is 0.340 e. The summed E-state index contributed by atoms with van der Waals surface area (Å²) in [5.41, 5.74) is 3.66. The molecule has 0 radical (unpaired) electrons. The number of benzene rings is 1. The number of carbonyl (C=O) groups is 2. The molecule has 0 bridgehead atoms. The van der Waals surface area contributed by atoms with Crippen molar-refractivity contribution in [2.45, 2.75) is 6.92 Å². The first-order chi connectivity index (χ1) is 14.0. The predicted molar refractivity (Wildman–Crippen MR) is 113 cm³/mol. The maximum atomic E-state index is 12.3. The summed E-state index contributed by atoms with van der Waals surface area (Å²) >= 11 is 1.31. The quantitative estimate of drug-likeness (QED) is 0.516. The van der Waals surface area contributed by atoms with Gasteiger partial charge >= 0.3 is 5.97 Å². The molecule has 4 aromatic rings. The van der Waals surface area contributed by atoms with Gasteiger partial charge in [0.2, 0.25) is 5.91 Å². The average Bonchev–Trinajstić information content (AvgIpc) is 3.28. The molecule has 0 spiro atoms. The van der Waals surface area contributed by atoms with Crippen LogP contribution in [0.25, 0.3) is 32.6 Å². The van der Waals surface area contributed by atoms with Gasteiger partial charge in [-0.1, -0.05) is 29.5 Å². The van der Waals surface area contributed by atoms with E-state index in [4.69, 9.17) is 4.74 Å². The molecule has 0 fully saturated rings. The highest BCUT2D eigenvalue weighted by atomic mass is 32.1. The van der Waals surface area contributed by atoms with Gasteiger partial charge in [0.1, 0.15) is 0 Å². The number of fused-ring (bicyclic) bond motifs is 1. The molecule has 1 aromatic carbocycles. The minimum atomic E-state index is -0.480. The molecule has 0 aliphatic heterocycles. The summed E-state index contributed by atoms with van der Waals surface area (Å²) < 4.78 is 6.95. The molecule has 0 unspecified atom stereocenters. The second-order valence-electron chi connectivity index (χ2n) is 6.46. The lowest BCUT2D eigenvalue weighted by atomic mass is 10.0. The zero-order chi connectivity index (χ0) is 20.5. The molecule has 8 heteroatoms. The van der Waals surface area contributed by atoms with Crippen LogP contribution in [0.2, 0.25) is 0 Å². The van der Waals surface area contributed by atoms with Gasteiger partial charge in [-0.3, -0.25) is 9.78 Å². The first-order valence-electron chi connectivity index (χ1n) is 8.85. The number of pyridine rings is 1. The van der Waals surface area contributed by atoms with Crippen molar-refractivity contribution in [3.63, 3.8) is 0 Å². The molecule has 1 amide bonds. The fraction of sp³-hybridized carbons (Fsp3) is 0.143. The number of carbonyl (C=O) groups excluding carboxylic acids is 2. The lowest BCUT2D eigenvalue weighted by Crippen LogP contribution is -2.04. The second kappa shape index (κ2) is 7.48. The first kappa shape index (κ1) is 18.8. The monoisotopic (exact) mass is 406 g/mol. The summed E-state index contributed by atoms with van der Waals surface area (Å²) in [7, 11) is 3.30. The number of para-hydroxylation sites is 1. The van der Waals surface area contributed by atoms with Crippen molar-refractivity contribution < 1.29 is 14.3 Å². The number of amides is 1.